The number of alkyl halides is 3. The standard InChI is InChI=1S/C13H16F3NO4/c1-2-20-12(19)6-5-11(18)10-4-3-9(7-17-10)21-8-13(14,15)16/h3-4,7,11,18H,2,5-6,8H2,1H3. The summed E-state index contributed by atoms with van der Waals surface area (Å²) in [5, 5.41) is 9.80. The average molecular weight is 307 g/mol. The molecule has 21 heavy (non-hydrogen) atoms. The highest BCUT2D eigenvalue weighted by Crippen LogP contribution is 2.21. The summed E-state index contributed by atoms with van der Waals surface area (Å²) in [4.78, 5) is 14.9. The highest BCUT2D eigenvalue weighted by molar-refractivity contribution is 5.69. The first-order valence-corrected chi connectivity index (χ1v) is 6.31. The highest BCUT2D eigenvalue weighted by Gasteiger charge is 2.28. The van der Waals surface area contributed by atoms with E-state index < -0.39 is 24.9 Å². The second-order valence-electron chi connectivity index (χ2n) is 4.18. The minimum atomic E-state index is -4.42. The largest absolute Gasteiger partial charge is 0.483 e. The van der Waals surface area contributed by atoms with Crippen molar-refractivity contribution in [2.75, 3.05) is 13.2 Å². The van der Waals surface area contributed by atoms with Gasteiger partial charge in [-0.2, -0.15) is 13.2 Å². The van der Waals surface area contributed by atoms with Gasteiger partial charge in [-0.15, -0.1) is 0 Å². The number of rotatable bonds is 7. The van der Waals surface area contributed by atoms with E-state index in [1.807, 2.05) is 0 Å². The summed E-state index contributed by atoms with van der Waals surface area (Å²) in [7, 11) is 0. The van der Waals surface area contributed by atoms with E-state index >= 15 is 0 Å². The summed E-state index contributed by atoms with van der Waals surface area (Å²) in [6, 6.07) is 2.63. The van der Waals surface area contributed by atoms with Crippen molar-refractivity contribution in [1.82, 2.24) is 4.98 Å². The number of pyridine rings is 1. The van der Waals surface area contributed by atoms with Crippen molar-refractivity contribution in [2.24, 2.45) is 0 Å². The fourth-order valence-electron chi connectivity index (χ4n) is 1.48. The lowest BCUT2D eigenvalue weighted by molar-refractivity contribution is -0.153. The number of ether oxygens (including phenoxy) is 2. The zero-order valence-corrected chi connectivity index (χ0v) is 11.4. The van der Waals surface area contributed by atoms with Gasteiger partial charge in [-0.3, -0.25) is 9.78 Å². The fourth-order valence-corrected chi connectivity index (χ4v) is 1.48. The molecule has 0 saturated heterocycles. The number of hydrogen-bond acceptors (Lipinski definition) is 5. The third-order valence-electron chi connectivity index (χ3n) is 2.43. The number of aliphatic hydroxyl groups excluding tert-OH is 1. The van der Waals surface area contributed by atoms with E-state index in [0.29, 0.717) is 0 Å². The van der Waals surface area contributed by atoms with E-state index in [1.165, 1.54) is 12.1 Å². The van der Waals surface area contributed by atoms with E-state index in [2.05, 4.69) is 9.72 Å². The Bertz CT molecular complexity index is 448. The SMILES string of the molecule is CCOC(=O)CCC(O)c1ccc(OCC(F)(F)F)cn1. The molecule has 1 N–H and O–H groups in total. The Kier molecular flexibility index (Phi) is 6.41. The van der Waals surface area contributed by atoms with Gasteiger partial charge >= 0.3 is 12.1 Å². The molecule has 0 amide bonds. The predicted octanol–water partition coefficient (Wildman–Crippen LogP) is 2.40. The normalized spacial score (nSPS) is 12.8. The summed E-state index contributed by atoms with van der Waals surface area (Å²) in [6.07, 6.45) is -4.17. The molecule has 8 heteroatoms. The summed E-state index contributed by atoms with van der Waals surface area (Å²) in [6.45, 7) is 0.535. The van der Waals surface area contributed by atoms with Crippen LogP contribution in [-0.4, -0.2) is 35.4 Å². The van der Waals surface area contributed by atoms with Gasteiger partial charge in [0.1, 0.15) is 5.75 Å². The molecule has 0 bridgehead atoms. The topological polar surface area (TPSA) is 68.7 Å². The number of halogens is 3. The van der Waals surface area contributed by atoms with Gasteiger partial charge in [-0.05, 0) is 25.5 Å². The number of aromatic nitrogens is 1. The first-order chi connectivity index (χ1) is 9.81. The molecular formula is C13H16F3NO4. The number of esters is 1. The van der Waals surface area contributed by atoms with E-state index in [1.54, 1.807) is 6.92 Å². The van der Waals surface area contributed by atoms with Crippen LogP contribution in [0.2, 0.25) is 0 Å². The fraction of sp³-hybridized carbons (Fsp3) is 0.538. The van der Waals surface area contributed by atoms with Crippen LogP contribution in [0, 0.1) is 0 Å². The minimum absolute atomic E-state index is 0.0308. The molecule has 0 aliphatic carbocycles. The Morgan fingerprint density at radius 3 is 2.67 bits per heavy atom. The van der Waals surface area contributed by atoms with Crippen molar-refractivity contribution >= 4 is 5.97 Å². The Morgan fingerprint density at radius 2 is 2.14 bits per heavy atom. The lowest BCUT2D eigenvalue weighted by atomic mass is 10.1. The molecule has 0 fully saturated rings. The molecule has 118 valence electrons. The van der Waals surface area contributed by atoms with E-state index in [9.17, 15) is 23.1 Å². The van der Waals surface area contributed by atoms with Crippen LogP contribution in [0.1, 0.15) is 31.6 Å². The number of aliphatic hydroxyl groups is 1. The Morgan fingerprint density at radius 1 is 1.43 bits per heavy atom. The van der Waals surface area contributed by atoms with Crippen molar-refractivity contribution in [3.05, 3.63) is 24.0 Å². The maximum Gasteiger partial charge on any atom is 0.422 e. The zero-order chi connectivity index (χ0) is 15.9. The van der Waals surface area contributed by atoms with E-state index in [0.717, 1.165) is 6.20 Å². The molecule has 1 aromatic heterocycles. The van der Waals surface area contributed by atoms with E-state index in [4.69, 9.17) is 4.74 Å². The molecular weight excluding hydrogens is 291 g/mol. The Labute approximate surface area is 119 Å². The van der Waals surface area contributed by atoms with Crippen LogP contribution in [0.5, 0.6) is 5.75 Å². The highest BCUT2D eigenvalue weighted by atomic mass is 19.4. The average Bonchev–Trinajstić information content (AvgIpc) is 2.42. The summed E-state index contributed by atoms with van der Waals surface area (Å²) in [5.41, 5.74) is 0.249. The van der Waals surface area contributed by atoms with Crippen LogP contribution in [0.3, 0.4) is 0 Å². The van der Waals surface area contributed by atoms with Crippen molar-refractivity contribution < 1.29 is 32.5 Å². The van der Waals surface area contributed by atoms with Gasteiger partial charge in [0.15, 0.2) is 6.61 Å². The smallest absolute Gasteiger partial charge is 0.422 e. The van der Waals surface area contributed by atoms with E-state index in [-0.39, 0.29) is 30.9 Å². The first kappa shape index (κ1) is 17.2. The molecule has 5 nitrogen and oxygen atoms in total. The van der Waals surface area contributed by atoms with Crippen LogP contribution in [-0.2, 0) is 9.53 Å². The quantitative estimate of drug-likeness (QED) is 0.783. The maximum atomic E-state index is 12.0. The Balaban J connectivity index is 2.47. The molecule has 0 radical (unpaired) electrons. The number of nitrogens with zero attached hydrogens (tertiary/aromatic N) is 1. The summed E-state index contributed by atoms with van der Waals surface area (Å²) < 4.78 is 45.1. The van der Waals surface area contributed by atoms with Crippen molar-refractivity contribution in [1.29, 1.82) is 0 Å². The maximum absolute atomic E-state index is 12.0. The lowest BCUT2D eigenvalue weighted by Gasteiger charge is -2.11. The second-order valence-corrected chi connectivity index (χ2v) is 4.18. The lowest BCUT2D eigenvalue weighted by Crippen LogP contribution is -2.19. The molecule has 0 aliphatic heterocycles. The van der Waals surface area contributed by atoms with Crippen LogP contribution in [0.4, 0.5) is 13.2 Å². The molecule has 1 unspecified atom stereocenters. The molecule has 1 atom stereocenters. The van der Waals surface area contributed by atoms with Crippen molar-refractivity contribution in [3.8, 4) is 5.75 Å². The second kappa shape index (κ2) is 7.82. The third kappa shape index (κ3) is 6.94. The van der Waals surface area contributed by atoms with Gasteiger partial charge in [-0.1, -0.05) is 0 Å². The predicted molar refractivity (Wildman–Crippen MR) is 66.6 cm³/mol. The number of carbonyl (C=O) groups is 1. The Hall–Kier alpha value is -1.83. The van der Waals surface area contributed by atoms with Gasteiger partial charge in [0.2, 0.25) is 0 Å². The van der Waals surface area contributed by atoms with Gasteiger partial charge in [-0.25, -0.2) is 0 Å². The molecule has 0 saturated carbocycles. The first-order valence-electron chi connectivity index (χ1n) is 6.31. The van der Waals surface area contributed by atoms with Crippen molar-refractivity contribution in [2.45, 2.75) is 32.0 Å². The molecule has 0 spiro atoms. The van der Waals surface area contributed by atoms with Gasteiger partial charge in [0.25, 0.3) is 0 Å². The third-order valence-corrected chi connectivity index (χ3v) is 2.43. The number of carbonyl (C=O) groups excluding carboxylic acids is 1. The van der Waals surface area contributed by atoms with Gasteiger partial charge in [0.05, 0.1) is 24.6 Å². The van der Waals surface area contributed by atoms with Crippen LogP contribution < -0.4 is 4.74 Å². The molecule has 0 aliphatic rings. The molecule has 0 aromatic carbocycles. The molecule has 1 rings (SSSR count). The van der Waals surface area contributed by atoms with Crippen molar-refractivity contribution in [3.63, 3.8) is 0 Å². The molecule has 1 heterocycles. The summed E-state index contributed by atoms with van der Waals surface area (Å²) in [5.74, 6) is -0.477. The van der Waals surface area contributed by atoms with Crippen LogP contribution in [0.25, 0.3) is 0 Å². The van der Waals surface area contributed by atoms with Crippen LogP contribution in [0.15, 0.2) is 18.3 Å². The monoisotopic (exact) mass is 307 g/mol. The summed E-state index contributed by atoms with van der Waals surface area (Å²) >= 11 is 0. The van der Waals surface area contributed by atoms with Crippen LogP contribution >= 0.6 is 0 Å². The number of hydrogen-bond donors (Lipinski definition) is 1. The van der Waals surface area contributed by atoms with Gasteiger partial charge < -0.3 is 14.6 Å². The van der Waals surface area contributed by atoms with Gasteiger partial charge in [0, 0.05) is 6.42 Å². The molecule has 1 aromatic rings. The minimum Gasteiger partial charge on any atom is -0.483 e. The zero-order valence-electron chi connectivity index (χ0n) is 11.4.